The molecule has 3 aromatic rings. The van der Waals surface area contributed by atoms with Gasteiger partial charge in [0, 0.05) is 10.7 Å². The zero-order valence-corrected chi connectivity index (χ0v) is 18.6. The van der Waals surface area contributed by atoms with Crippen molar-refractivity contribution >= 4 is 54.6 Å². The lowest BCUT2D eigenvalue weighted by Crippen LogP contribution is -2.14. The first-order chi connectivity index (χ1) is 14.1. The van der Waals surface area contributed by atoms with Crippen LogP contribution in [0.3, 0.4) is 0 Å². The van der Waals surface area contributed by atoms with E-state index in [1.54, 1.807) is 0 Å². The highest BCUT2D eigenvalue weighted by atomic mass is 35.5. The van der Waals surface area contributed by atoms with Crippen LogP contribution in [0.2, 0.25) is 10.0 Å². The maximum absolute atomic E-state index is 12.6. The van der Waals surface area contributed by atoms with E-state index in [0.29, 0.717) is 10.8 Å². The van der Waals surface area contributed by atoms with Crippen molar-refractivity contribution in [1.29, 1.82) is 0 Å². The molecule has 0 atom stereocenters. The van der Waals surface area contributed by atoms with Crippen LogP contribution in [0.5, 0.6) is 5.75 Å². The molecule has 0 unspecified atom stereocenters. The molecule has 158 valence electrons. The van der Waals surface area contributed by atoms with E-state index in [1.165, 1.54) is 73.8 Å². The van der Waals surface area contributed by atoms with Crippen LogP contribution in [-0.2, 0) is 20.0 Å². The van der Waals surface area contributed by atoms with Crippen molar-refractivity contribution in [2.45, 2.75) is 9.79 Å². The first kappa shape index (κ1) is 22.2. The van der Waals surface area contributed by atoms with Crippen LogP contribution in [0.4, 0.5) is 11.4 Å². The van der Waals surface area contributed by atoms with Crippen LogP contribution < -0.4 is 14.2 Å². The molecule has 0 saturated carbocycles. The average molecular weight is 487 g/mol. The molecular formula is C19H16Cl2N2O5S2. The van der Waals surface area contributed by atoms with Crippen LogP contribution in [0.15, 0.2) is 76.5 Å². The molecule has 11 heteroatoms. The number of benzene rings is 3. The lowest BCUT2D eigenvalue weighted by atomic mass is 10.3. The molecule has 3 rings (SSSR count). The lowest BCUT2D eigenvalue weighted by Gasteiger charge is -2.12. The van der Waals surface area contributed by atoms with Gasteiger partial charge in [0.05, 0.1) is 27.6 Å². The Morgan fingerprint density at radius 2 is 1.27 bits per heavy atom. The summed E-state index contributed by atoms with van der Waals surface area (Å²) in [6, 6.07) is 15.5. The minimum atomic E-state index is -3.94. The molecule has 2 N–H and O–H groups in total. The Bertz CT molecular complexity index is 1260. The van der Waals surface area contributed by atoms with Gasteiger partial charge >= 0.3 is 0 Å². The van der Waals surface area contributed by atoms with Crippen molar-refractivity contribution in [3.63, 3.8) is 0 Å². The van der Waals surface area contributed by atoms with Crippen molar-refractivity contribution in [3.05, 3.63) is 76.8 Å². The lowest BCUT2D eigenvalue weighted by molar-refractivity contribution is 0.414. The average Bonchev–Trinajstić information content (AvgIpc) is 2.70. The van der Waals surface area contributed by atoms with Gasteiger partial charge in [0.15, 0.2) is 0 Å². The summed E-state index contributed by atoms with van der Waals surface area (Å²) < 4.78 is 59.9. The Kier molecular flexibility index (Phi) is 6.47. The number of sulfonamides is 2. The largest absolute Gasteiger partial charge is 0.497 e. The fraction of sp³-hybridized carbons (Fsp3) is 0.0526. The fourth-order valence-electron chi connectivity index (χ4n) is 2.45. The summed E-state index contributed by atoms with van der Waals surface area (Å²) in [5, 5.41) is 0.520. The van der Waals surface area contributed by atoms with Gasteiger partial charge < -0.3 is 4.74 Å². The number of hydrogen-bond donors (Lipinski definition) is 2. The highest BCUT2D eigenvalue weighted by molar-refractivity contribution is 7.93. The first-order valence-corrected chi connectivity index (χ1v) is 12.1. The van der Waals surface area contributed by atoms with E-state index in [4.69, 9.17) is 27.9 Å². The summed E-state index contributed by atoms with van der Waals surface area (Å²) in [6.07, 6.45) is 0. The SMILES string of the molecule is COc1ccc(S(=O)(=O)Nc2ccc(S(=O)(=O)Nc3ccc(Cl)cc3Cl)cc2)cc1. The highest BCUT2D eigenvalue weighted by Gasteiger charge is 2.18. The summed E-state index contributed by atoms with van der Waals surface area (Å²) in [5.74, 6) is 0.525. The predicted octanol–water partition coefficient (Wildman–Crippen LogP) is 4.60. The predicted molar refractivity (Wildman–Crippen MR) is 118 cm³/mol. The zero-order chi connectivity index (χ0) is 21.9. The van der Waals surface area contributed by atoms with E-state index >= 15 is 0 Å². The van der Waals surface area contributed by atoms with Gasteiger partial charge in [-0.1, -0.05) is 23.2 Å². The van der Waals surface area contributed by atoms with Crippen molar-refractivity contribution in [2.24, 2.45) is 0 Å². The molecule has 0 fully saturated rings. The zero-order valence-electron chi connectivity index (χ0n) is 15.5. The number of hydrogen-bond acceptors (Lipinski definition) is 5. The second kappa shape index (κ2) is 8.73. The van der Waals surface area contributed by atoms with Crippen molar-refractivity contribution in [3.8, 4) is 5.75 Å². The van der Waals surface area contributed by atoms with E-state index < -0.39 is 20.0 Å². The normalized spacial score (nSPS) is 11.7. The van der Waals surface area contributed by atoms with Crippen LogP contribution in [0.25, 0.3) is 0 Å². The van der Waals surface area contributed by atoms with Crippen molar-refractivity contribution in [1.82, 2.24) is 0 Å². The number of nitrogens with one attached hydrogen (secondary N) is 2. The molecule has 30 heavy (non-hydrogen) atoms. The maximum Gasteiger partial charge on any atom is 0.261 e. The van der Waals surface area contributed by atoms with E-state index in [0.717, 1.165) is 0 Å². The standard InChI is InChI=1S/C19H16Cl2N2O5S2/c1-28-15-5-9-17(10-6-15)29(24,25)22-14-3-7-16(8-4-14)30(26,27)23-19-11-2-13(20)12-18(19)21/h2-12,22-23H,1H3. The molecule has 0 aromatic heterocycles. The Balaban J connectivity index is 1.78. The number of ether oxygens (including phenoxy) is 1. The van der Waals surface area contributed by atoms with Crippen LogP contribution >= 0.6 is 23.2 Å². The molecule has 0 saturated heterocycles. The van der Waals surface area contributed by atoms with Gasteiger partial charge in [-0.15, -0.1) is 0 Å². The molecule has 0 aliphatic carbocycles. The highest BCUT2D eigenvalue weighted by Crippen LogP contribution is 2.28. The van der Waals surface area contributed by atoms with Gasteiger partial charge in [0.1, 0.15) is 5.75 Å². The summed E-state index contributed by atoms with van der Waals surface area (Å²) in [6.45, 7) is 0. The van der Waals surface area contributed by atoms with Gasteiger partial charge in [-0.25, -0.2) is 16.8 Å². The molecular weight excluding hydrogens is 471 g/mol. The Morgan fingerprint density at radius 1 is 0.733 bits per heavy atom. The summed E-state index contributed by atoms with van der Waals surface area (Å²) >= 11 is 11.8. The summed E-state index contributed by atoms with van der Waals surface area (Å²) in [5.41, 5.74) is 0.375. The number of anilines is 2. The topological polar surface area (TPSA) is 102 Å². The summed E-state index contributed by atoms with van der Waals surface area (Å²) in [7, 11) is -6.30. The Labute approximate surface area is 184 Å². The third kappa shape index (κ3) is 5.17. The van der Waals surface area contributed by atoms with Gasteiger partial charge in [0.25, 0.3) is 20.0 Å². The number of rotatable bonds is 7. The second-order valence-electron chi connectivity index (χ2n) is 6.04. The maximum atomic E-state index is 12.6. The quantitative estimate of drug-likeness (QED) is 0.507. The molecule has 0 aliphatic heterocycles. The third-order valence-electron chi connectivity index (χ3n) is 3.96. The van der Waals surface area contributed by atoms with Gasteiger partial charge in [-0.05, 0) is 66.7 Å². The molecule has 3 aromatic carbocycles. The molecule has 0 aliphatic rings. The number of methoxy groups -OCH3 is 1. The van der Waals surface area contributed by atoms with Crippen LogP contribution in [0, 0.1) is 0 Å². The van der Waals surface area contributed by atoms with E-state index in [2.05, 4.69) is 9.44 Å². The smallest absolute Gasteiger partial charge is 0.261 e. The van der Waals surface area contributed by atoms with Gasteiger partial charge in [-0.2, -0.15) is 0 Å². The number of halogens is 2. The molecule has 0 heterocycles. The van der Waals surface area contributed by atoms with E-state index in [1.807, 2.05) is 0 Å². The minimum absolute atomic E-state index is 0.0408. The van der Waals surface area contributed by atoms with E-state index in [9.17, 15) is 16.8 Å². The van der Waals surface area contributed by atoms with Crippen LogP contribution in [-0.4, -0.2) is 23.9 Å². The van der Waals surface area contributed by atoms with Crippen molar-refractivity contribution in [2.75, 3.05) is 16.6 Å². The molecule has 0 amide bonds. The minimum Gasteiger partial charge on any atom is -0.497 e. The fourth-order valence-corrected chi connectivity index (χ4v) is 5.10. The monoisotopic (exact) mass is 486 g/mol. The molecule has 0 bridgehead atoms. The summed E-state index contributed by atoms with van der Waals surface area (Å²) in [4.78, 5) is -0.0278. The Morgan fingerprint density at radius 3 is 1.80 bits per heavy atom. The van der Waals surface area contributed by atoms with Crippen LogP contribution in [0.1, 0.15) is 0 Å². The third-order valence-corrected chi connectivity index (χ3v) is 7.29. The van der Waals surface area contributed by atoms with Gasteiger partial charge in [0.2, 0.25) is 0 Å². The second-order valence-corrected chi connectivity index (χ2v) is 10.2. The van der Waals surface area contributed by atoms with E-state index in [-0.39, 0.29) is 26.2 Å². The first-order valence-electron chi connectivity index (χ1n) is 8.35. The van der Waals surface area contributed by atoms with Crippen molar-refractivity contribution < 1.29 is 21.6 Å². The Hall–Kier alpha value is -2.46. The van der Waals surface area contributed by atoms with Gasteiger partial charge in [-0.3, -0.25) is 9.44 Å². The molecule has 0 spiro atoms. The molecule has 0 radical (unpaired) electrons. The molecule has 7 nitrogen and oxygen atoms in total.